The molecule has 126 valence electrons. The highest BCUT2D eigenvalue weighted by Crippen LogP contribution is 2.23. The predicted octanol–water partition coefficient (Wildman–Crippen LogP) is 2.99. The Morgan fingerprint density at radius 2 is 1.92 bits per heavy atom. The summed E-state index contributed by atoms with van der Waals surface area (Å²) in [6, 6.07) is 15.0. The van der Waals surface area contributed by atoms with E-state index in [1.165, 1.54) is 0 Å². The van der Waals surface area contributed by atoms with Gasteiger partial charge < -0.3 is 20.1 Å². The first-order valence-corrected chi connectivity index (χ1v) is 7.69. The SMILES string of the molecule is C=CCOc1ccccc1NC(=O)CNCc1ccc(OC)cc1. The van der Waals surface area contributed by atoms with E-state index in [0.717, 1.165) is 11.3 Å². The van der Waals surface area contributed by atoms with Crippen LogP contribution in [0.25, 0.3) is 0 Å². The zero-order valence-corrected chi connectivity index (χ0v) is 13.7. The van der Waals surface area contributed by atoms with Gasteiger partial charge in [0.2, 0.25) is 5.91 Å². The van der Waals surface area contributed by atoms with Crippen molar-refractivity contribution in [3.63, 3.8) is 0 Å². The largest absolute Gasteiger partial charge is 0.497 e. The molecule has 0 aliphatic rings. The van der Waals surface area contributed by atoms with E-state index in [4.69, 9.17) is 9.47 Å². The molecule has 24 heavy (non-hydrogen) atoms. The molecule has 2 aromatic rings. The zero-order chi connectivity index (χ0) is 17.2. The summed E-state index contributed by atoms with van der Waals surface area (Å²) >= 11 is 0. The number of amides is 1. The van der Waals surface area contributed by atoms with Gasteiger partial charge in [0.1, 0.15) is 18.1 Å². The van der Waals surface area contributed by atoms with Gasteiger partial charge in [-0.25, -0.2) is 0 Å². The summed E-state index contributed by atoms with van der Waals surface area (Å²) in [6.07, 6.45) is 1.66. The lowest BCUT2D eigenvalue weighted by Gasteiger charge is -2.12. The normalized spacial score (nSPS) is 10.0. The van der Waals surface area contributed by atoms with E-state index in [0.29, 0.717) is 24.6 Å². The van der Waals surface area contributed by atoms with Crippen molar-refractivity contribution in [1.29, 1.82) is 0 Å². The molecule has 0 atom stereocenters. The molecule has 0 aliphatic heterocycles. The molecule has 2 aromatic carbocycles. The quantitative estimate of drug-likeness (QED) is 0.696. The standard InChI is InChI=1S/C19H22N2O3/c1-3-12-24-18-7-5-4-6-17(18)21-19(22)14-20-13-15-8-10-16(23-2)11-9-15/h3-11,20H,1,12-14H2,2H3,(H,21,22). The van der Waals surface area contributed by atoms with Gasteiger partial charge in [-0.15, -0.1) is 0 Å². The summed E-state index contributed by atoms with van der Waals surface area (Å²) in [6.45, 7) is 4.82. The Labute approximate surface area is 142 Å². The molecule has 5 heteroatoms. The average Bonchev–Trinajstić information content (AvgIpc) is 2.61. The molecular weight excluding hydrogens is 304 g/mol. The zero-order valence-electron chi connectivity index (χ0n) is 13.7. The third kappa shape index (κ3) is 5.44. The summed E-state index contributed by atoms with van der Waals surface area (Å²) < 4.78 is 10.6. The molecule has 2 N–H and O–H groups in total. The van der Waals surface area contributed by atoms with Gasteiger partial charge in [-0.1, -0.05) is 36.9 Å². The molecule has 0 radical (unpaired) electrons. The molecule has 0 bridgehead atoms. The lowest BCUT2D eigenvalue weighted by Crippen LogP contribution is -2.27. The minimum absolute atomic E-state index is 0.127. The monoisotopic (exact) mass is 326 g/mol. The van der Waals surface area contributed by atoms with E-state index in [2.05, 4.69) is 17.2 Å². The van der Waals surface area contributed by atoms with E-state index in [1.807, 2.05) is 42.5 Å². The maximum absolute atomic E-state index is 12.1. The van der Waals surface area contributed by atoms with Gasteiger partial charge in [-0.05, 0) is 29.8 Å². The second kappa shape index (κ2) is 9.37. The second-order valence-electron chi connectivity index (χ2n) is 5.10. The van der Waals surface area contributed by atoms with Crippen molar-refractivity contribution in [1.82, 2.24) is 5.32 Å². The number of carbonyl (C=O) groups excluding carboxylic acids is 1. The van der Waals surface area contributed by atoms with Gasteiger partial charge in [0.25, 0.3) is 0 Å². The number of nitrogens with one attached hydrogen (secondary N) is 2. The molecule has 0 saturated carbocycles. The Bertz CT molecular complexity index is 669. The molecule has 0 spiro atoms. The number of methoxy groups -OCH3 is 1. The minimum Gasteiger partial charge on any atom is -0.497 e. The Kier molecular flexibility index (Phi) is 6.86. The number of benzene rings is 2. The fourth-order valence-electron chi connectivity index (χ4n) is 2.10. The molecule has 0 unspecified atom stereocenters. The first-order chi connectivity index (χ1) is 11.7. The molecule has 0 aliphatic carbocycles. The third-order valence-corrected chi connectivity index (χ3v) is 3.29. The van der Waals surface area contributed by atoms with Crippen LogP contribution in [0.1, 0.15) is 5.56 Å². The molecule has 1 amide bonds. The Balaban J connectivity index is 1.81. The number of hydrogen-bond donors (Lipinski definition) is 2. The number of anilines is 1. The lowest BCUT2D eigenvalue weighted by atomic mass is 10.2. The second-order valence-corrected chi connectivity index (χ2v) is 5.10. The summed E-state index contributed by atoms with van der Waals surface area (Å²) in [7, 11) is 1.63. The minimum atomic E-state index is -0.127. The van der Waals surface area contributed by atoms with Crippen LogP contribution in [0.3, 0.4) is 0 Å². The molecule has 2 rings (SSSR count). The smallest absolute Gasteiger partial charge is 0.238 e. The summed E-state index contributed by atoms with van der Waals surface area (Å²) in [5.74, 6) is 1.31. The average molecular weight is 326 g/mol. The third-order valence-electron chi connectivity index (χ3n) is 3.29. The number of rotatable bonds is 9. The Hall–Kier alpha value is -2.79. The van der Waals surface area contributed by atoms with Gasteiger partial charge in [0, 0.05) is 6.54 Å². The van der Waals surface area contributed by atoms with Gasteiger partial charge in [0.15, 0.2) is 0 Å². The van der Waals surface area contributed by atoms with Crippen molar-refractivity contribution >= 4 is 11.6 Å². The lowest BCUT2D eigenvalue weighted by molar-refractivity contribution is -0.115. The number of para-hydroxylation sites is 2. The highest BCUT2D eigenvalue weighted by molar-refractivity contribution is 5.93. The molecule has 0 saturated heterocycles. The van der Waals surface area contributed by atoms with Crippen molar-refractivity contribution in [2.75, 3.05) is 25.6 Å². The van der Waals surface area contributed by atoms with Gasteiger partial charge in [-0.3, -0.25) is 4.79 Å². The van der Waals surface area contributed by atoms with E-state index in [1.54, 1.807) is 19.3 Å². The van der Waals surface area contributed by atoms with Gasteiger partial charge in [0.05, 0.1) is 19.3 Å². The summed E-state index contributed by atoms with van der Waals surface area (Å²) in [5.41, 5.74) is 1.73. The predicted molar refractivity (Wildman–Crippen MR) is 95.5 cm³/mol. The number of ether oxygens (including phenoxy) is 2. The number of hydrogen-bond acceptors (Lipinski definition) is 4. The van der Waals surface area contributed by atoms with E-state index in [-0.39, 0.29) is 12.5 Å². The Morgan fingerprint density at radius 3 is 2.62 bits per heavy atom. The van der Waals surface area contributed by atoms with Gasteiger partial charge in [-0.2, -0.15) is 0 Å². The maximum atomic E-state index is 12.1. The Morgan fingerprint density at radius 1 is 1.17 bits per heavy atom. The van der Waals surface area contributed by atoms with Crippen LogP contribution in [0, 0.1) is 0 Å². The fraction of sp³-hybridized carbons (Fsp3) is 0.211. The van der Waals surface area contributed by atoms with Crippen molar-refractivity contribution in [2.45, 2.75) is 6.54 Å². The van der Waals surface area contributed by atoms with Crippen LogP contribution in [-0.2, 0) is 11.3 Å². The fourth-order valence-corrected chi connectivity index (χ4v) is 2.10. The van der Waals surface area contributed by atoms with Crippen molar-refractivity contribution in [3.05, 3.63) is 66.7 Å². The molecule has 5 nitrogen and oxygen atoms in total. The van der Waals surface area contributed by atoms with Crippen LogP contribution >= 0.6 is 0 Å². The van der Waals surface area contributed by atoms with E-state index in [9.17, 15) is 4.79 Å². The number of carbonyl (C=O) groups is 1. The highest BCUT2D eigenvalue weighted by atomic mass is 16.5. The topological polar surface area (TPSA) is 59.6 Å². The van der Waals surface area contributed by atoms with Crippen LogP contribution in [0.15, 0.2) is 61.2 Å². The molecular formula is C19H22N2O3. The van der Waals surface area contributed by atoms with Crippen molar-refractivity contribution in [3.8, 4) is 11.5 Å². The summed E-state index contributed by atoms with van der Waals surface area (Å²) in [5, 5.41) is 5.96. The first kappa shape index (κ1) is 17.6. The van der Waals surface area contributed by atoms with Crippen LogP contribution in [0.5, 0.6) is 11.5 Å². The maximum Gasteiger partial charge on any atom is 0.238 e. The summed E-state index contributed by atoms with van der Waals surface area (Å²) in [4.78, 5) is 12.1. The molecule has 0 heterocycles. The van der Waals surface area contributed by atoms with Crippen LogP contribution in [-0.4, -0.2) is 26.2 Å². The molecule has 0 fully saturated rings. The molecule has 0 aromatic heterocycles. The van der Waals surface area contributed by atoms with Gasteiger partial charge >= 0.3 is 0 Å². The first-order valence-electron chi connectivity index (χ1n) is 7.69. The van der Waals surface area contributed by atoms with Crippen LogP contribution < -0.4 is 20.1 Å². The van der Waals surface area contributed by atoms with Crippen molar-refractivity contribution in [2.24, 2.45) is 0 Å². The van der Waals surface area contributed by atoms with Crippen molar-refractivity contribution < 1.29 is 14.3 Å². The van der Waals surface area contributed by atoms with Crippen LogP contribution in [0.4, 0.5) is 5.69 Å². The van der Waals surface area contributed by atoms with E-state index >= 15 is 0 Å². The highest BCUT2D eigenvalue weighted by Gasteiger charge is 2.07. The van der Waals surface area contributed by atoms with E-state index < -0.39 is 0 Å². The van der Waals surface area contributed by atoms with Crippen LogP contribution in [0.2, 0.25) is 0 Å².